The second kappa shape index (κ2) is 50.8. The van der Waals surface area contributed by atoms with Crippen LogP contribution < -0.4 is 0 Å². The maximum atomic E-state index is 12.6. The molecule has 10 aromatic rings. The van der Waals surface area contributed by atoms with Gasteiger partial charge in [0, 0.05) is 23.8 Å². The smallest absolute Gasteiger partial charge is 0.161 e. The van der Waals surface area contributed by atoms with Gasteiger partial charge >= 0.3 is 0 Å². The van der Waals surface area contributed by atoms with Crippen molar-refractivity contribution in [2.75, 3.05) is 0 Å². The van der Waals surface area contributed by atoms with E-state index in [1.807, 2.05) is 104 Å². The lowest BCUT2D eigenvalue weighted by Crippen LogP contribution is -2.08. The van der Waals surface area contributed by atoms with Gasteiger partial charge in [0.25, 0.3) is 0 Å². The van der Waals surface area contributed by atoms with Crippen molar-refractivity contribution < 1.29 is 35.1 Å². The molecule has 0 bridgehead atoms. The van der Waals surface area contributed by atoms with Crippen LogP contribution in [0.25, 0.3) is 0 Å². The molecule has 0 aliphatic heterocycles. The van der Waals surface area contributed by atoms with Gasteiger partial charge in [-0.15, -0.1) is 0 Å². The number of benzene rings is 8. The first-order valence-corrected chi connectivity index (χ1v) is 36.4. The number of aromatic nitrogens is 2. The number of hydrogen-bond acceptors (Lipinski definition) is 2. The molecule has 10 heteroatoms. The predicted octanol–water partition coefficient (Wildman–Crippen LogP) is 28.6. The van der Waals surface area contributed by atoms with Crippen molar-refractivity contribution in [3.05, 3.63) is 340 Å². The summed E-state index contributed by atoms with van der Waals surface area (Å²) in [6.07, 6.45) is 15.5. The Hall–Kier alpha value is -8.50. The first-order chi connectivity index (χ1) is 48.8. The Balaban J connectivity index is 0.000000568. The molecule has 564 valence electrons. The largest absolute Gasteiger partial charge is 0.261 e. The van der Waals surface area contributed by atoms with Crippen LogP contribution in [-0.4, -0.2) is 9.97 Å². The second-order valence-electron chi connectivity index (χ2n) is 28.7. The minimum absolute atomic E-state index is 0.116. The Morgan fingerprint density at radius 3 is 0.490 bits per heavy atom. The highest BCUT2D eigenvalue weighted by molar-refractivity contribution is 5.28. The summed E-state index contributed by atoms with van der Waals surface area (Å²) in [7, 11) is 0. The fourth-order valence-electron chi connectivity index (χ4n) is 9.49. The van der Waals surface area contributed by atoms with Crippen LogP contribution in [0.4, 0.5) is 35.1 Å². The van der Waals surface area contributed by atoms with Crippen LogP contribution >= 0.6 is 0 Å². The van der Waals surface area contributed by atoms with Crippen LogP contribution in [0.2, 0.25) is 0 Å². The molecule has 0 spiro atoms. The lowest BCUT2D eigenvalue weighted by atomic mass is 9.84. The molecule has 0 unspecified atom stereocenters. The molecular formula is C94H122F8N2. The van der Waals surface area contributed by atoms with E-state index < -0.39 is 23.3 Å². The van der Waals surface area contributed by atoms with Crippen LogP contribution in [-0.2, 0) is 0 Å². The lowest BCUT2D eigenvalue weighted by molar-refractivity contribution is 0.308. The number of aryl methyl sites for hydroxylation is 20. The summed E-state index contributed by atoms with van der Waals surface area (Å²) in [4.78, 5) is 8.16. The molecule has 2 fully saturated rings. The van der Waals surface area contributed by atoms with Crippen molar-refractivity contribution >= 4 is 0 Å². The fraction of sp³-hybridized carbons (Fsp3) is 0.383. The fourth-order valence-corrected chi connectivity index (χ4v) is 9.49. The topological polar surface area (TPSA) is 25.8 Å². The van der Waals surface area contributed by atoms with Gasteiger partial charge in [-0.1, -0.05) is 235 Å². The first-order valence-electron chi connectivity index (χ1n) is 36.4. The summed E-state index contributed by atoms with van der Waals surface area (Å²) in [5, 5.41) is 0. The average Bonchev–Trinajstić information content (AvgIpc) is 0.866. The van der Waals surface area contributed by atoms with Gasteiger partial charge in [0.2, 0.25) is 0 Å². The molecule has 0 atom stereocenters. The van der Waals surface area contributed by atoms with Gasteiger partial charge in [0.05, 0.1) is 0 Å². The monoisotopic (exact) mass is 1430 g/mol. The summed E-state index contributed by atoms with van der Waals surface area (Å²) in [6, 6.07) is 52.2. The van der Waals surface area contributed by atoms with Gasteiger partial charge in [0.15, 0.2) is 23.3 Å². The quantitative estimate of drug-likeness (QED) is 0.141. The summed E-state index contributed by atoms with van der Waals surface area (Å²) in [6.45, 7) is 46.6. The van der Waals surface area contributed by atoms with Gasteiger partial charge in [-0.3, -0.25) is 9.97 Å². The minimum atomic E-state index is -0.736. The molecule has 2 aromatic heterocycles. The first kappa shape index (κ1) is 93.5. The number of rotatable bonds is 0. The summed E-state index contributed by atoms with van der Waals surface area (Å²) in [5.41, 5.74) is 18.0. The third kappa shape index (κ3) is 42.3. The highest BCUT2D eigenvalue weighted by Gasteiger charge is 2.14. The highest BCUT2D eigenvalue weighted by atomic mass is 19.2. The highest BCUT2D eigenvalue weighted by Crippen LogP contribution is 2.28. The molecular weight excluding hydrogens is 1310 g/mol. The summed E-state index contributed by atoms with van der Waals surface area (Å²) in [5.74, 6) is 0.671. The summed E-state index contributed by atoms with van der Waals surface area (Å²) >= 11 is 0. The average molecular weight is 1430 g/mol. The normalized spacial score (nSPS) is 14.2. The van der Waals surface area contributed by atoms with E-state index in [0.717, 1.165) is 57.3 Å². The van der Waals surface area contributed by atoms with Crippen molar-refractivity contribution in [3.8, 4) is 0 Å². The Labute approximate surface area is 623 Å². The SMILES string of the molecule is CC1CCC(C)CC1.CC1CCC(C)CC1.Cc1ccc(C)c(F)c1.Cc1ccc(C)c(F)c1.Cc1ccc(C)c(F)c1.Cc1ccc(C)c(F)c1.Cc1ccc(C)c(F)c1F.Cc1ccc(C)c(F)c1F.Cc1ccc(C)cc1.Cc1ccc(C)cc1.Cc1ccc(C)nc1.Cc1ccc(C)nc1. The van der Waals surface area contributed by atoms with Crippen molar-refractivity contribution in [2.45, 2.75) is 218 Å². The van der Waals surface area contributed by atoms with E-state index in [2.05, 4.69) is 126 Å². The number of nitrogens with zero attached hydrogens (tertiary/aromatic N) is 2. The zero-order valence-corrected chi connectivity index (χ0v) is 67.2. The Bertz CT molecular complexity index is 3390. The zero-order chi connectivity index (χ0) is 78.8. The maximum absolute atomic E-state index is 12.6. The summed E-state index contributed by atoms with van der Waals surface area (Å²) < 4.78 is 101. The van der Waals surface area contributed by atoms with Crippen molar-refractivity contribution in [3.63, 3.8) is 0 Å². The van der Waals surface area contributed by atoms with Crippen molar-refractivity contribution in [2.24, 2.45) is 23.7 Å². The third-order valence-corrected chi connectivity index (χ3v) is 17.4. The molecule has 104 heavy (non-hydrogen) atoms. The van der Waals surface area contributed by atoms with E-state index >= 15 is 0 Å². The minimum Gasteiger partial charge on any atom is -0.261 e. The Morgan fingerprint density at radius 1 is 0.202 bits per heavy atom. The third-order valence-electron chi connectivity index (χ3n) is 17.4. The molecule has 0 radical (unpaired) electrons. The standard InChI is InChI=1S/2C8H8F2.4C8H9F.2C8H16.2C8H10.2C7H9N/c2*1-5-3-4-6(2)8(10)7(5)9;4*1-6-3-4-7(2)8(9)5-6;4*1-7-3-5-8(2)6-4-7;2*1-6-3-4-7(2)8-5-6/h2*3-4H,1-2H3;4*3-5H,1-2H3;2*7-8H,3-6H2,1-2H3;2*3-6H,1-2H3;2*3-5H,1-2H3. The number of hydrogen-bond donors (Lipinski definition) is 0. The molecule has 0 amide bonds. The van der Waals surface area contributed by atoms with Crippen LogP contribution in [0, 0.1) is 209 Å². The van der Waals surface area contributed by atoms with Gasteiger partial charge in [-0.25, -0.2) is 35.1 Å². The lowest BCUT2D eigenvalue weighted by Gasteiger charge is -2.22. The number of pyridine rings is 2. The zero-order valence-electron chi connectivity index (χ0n) is 67.2. The van der Waals surface area contributed by atoms with Gasteiger partial charge in [-0.2, -0.15) is 0 Å². The second-order valence-corrected chi connectivity index (χ2v) is 28.7. The predicted molar refractivity (Wildman–Crippen MR) is 428 cm³/mol. The molecule has 0 N–H and O–H groups in total. The van der Waals surface area contributed by atoms with Crippen LogP contribution in [0.1, 0.15) is 191 Å². The molecule has 2 heterocycles. The van der Waals surface area contributed by atoms with E-state index in [1.54, 1.807) is 76.2 Å². The van der Waals surface area contributed by atoms with E-state index in [0.29, 0.717) is 44.5 Å². The molecule has 2 aliphatic carbocycles. The van der Waals surface area contributed by atoms with Crippen LogP contribution in [0.15, 0.2) is 182 Å². The maximum Gasteiger partial charge on any atom is 0.161 e. The van der Waals surface area contributed by atoms with Gasteiger partial charge in [0.1, 0.15) is 23.3 Å². The molecule has 0 saturated heterocycles. The van der Waals surface area contributed by atoms with Gasteiger partial charge < -0.3 is 0 Å². The molecule has 2 nitrogen and oxygen atoms in total. The van der Waals surface area contributed by atoms with E-state index in [4.69, 9.17) is 0 Å². The van der Waals surface area contributed by atoms with Crippen molar-refractivity contribution in [1.82, 2.24) is 9.97 Å². The van der Waals surface area contributed by atoms with Gasteiger partial charge in [-0.05, 0) is 276 Å². The molecule has 2 saturated carbocycles. The van der Waals surface area contributed by atoms with E-state index in [-0.39, 0.29) is 23.3 Å². The van der Waals surface area contributed by atoms with E-state index in [9.17, 15) is 35.1 Å². The van der Waals surface area contributed by atoms with E-state index in [1.165, 1.54) is 137 Å². The van der Waals surface area contributed by atoms with Crippen LogP contribution in [0.3, 0.4) is 0 Å². The molecule has 8 aromatic carbocycles. The Kier molecular flexibility index (Phi) is 45.7. The number of halogens is 8. The molecule has 12 rings (SSSR count). The van der Waals surface area contributed by atoms with Crippen LogP contribution in [0.5, 0.6) is 0 Å². The van der Waals surface area contributed by atoms with Crippen molar-refractivity contribution in [1.29, 1.82) is 0 Å². The Morgan fingerprint density at radius 2 is 0.356 bits per heavy atom. The molecule has 2 aliphatic rings.